The highest BCUT2D eigenvalue weighted by molar-refractivity contribution is 5.79. The minimum Gasteiger partial charge on any atom is -0.356 e. The molecule has 154 valence electrons. The zero-order valence-electron chi connectivity index (χ0n) is 17.5. The van der Waals surface area contributed by atoms with Crippen molar-refractivity contribution in [2.24, 2.45) is 4.99 Å². The highest BCUT2D eigenvalue weighted by Gasteiger charge is 2.18. The molecule has 0 radical (unpaired) electrons. The Labute approximate surface area is 171 Å². The Morgan fingerprint density at radius 2 is 1.71 bits per heavy atom. The summed E-state index contributed by atoms with van der Waals surface area (Å²) < 4.78 is 0. The number of benzene rings is 1. The molecule has 1 aromatic rings. The summed E-state index contributed by atoms with van der Waals surface area (Å²) in [7, 11) is 1.90. The Bertz CT molecular complexity index is 599. The van der Waals surface area contributed by atoms with E-state index in [-0.39, 0.29) is 0 Å². The molecular weight excluding hydrogens is 346 g/mol. The van der Waals surface area contributed by atoms with Gasteiger partial charge in [0.05, 0.1) is 0 Å². The third-order valence-corrected chi connectivity index (χ3v) is 5.74. The fourth-order valence-electron chi connectivity index (χ4n) is 4.04. The van der Waals surface area contributed by atoms with Crippen molar-refractivity contribution in [1.82, 2.24) is 20.0 Å². The van der Waals surface area contributed by atoms with Crippen molar-refractivity contribution >= 4 is 12.0 Å². The number of piperazine rings is 1. The maximum absolute atomic E-state index is 4.50. The molecule has 2 aliphatic heterocycles. The number of nitrogens with zero attached hydrogens (tertiary/aromatic N) is 4. The van der Waals surface area contributed by atoms with Gasteiger partial charge in [-0.05, 0) is 50.9 Å². The number of likely N-dealkylation sites (tertiary alicyclic amines) is 1. The molecule has 2 aliphatic rings. The maximum atomic E-state index is 4.50. The van der Waals surface area contributed by atoms with Crippen LogP contribution >= 0.6 is 0 Å². The predicted molar refractivity (Wildman–Crippen MR) is 120 cm³/mol. The summed E-state index contributed by atoms with van der Waals surface area (Å²) in [5.74, 6) is 1.07. The molecule has 5 nitrogen and oxygen atoms in total. The van der Waals surface area contributed by atoms with E-state index in [4.69, 9.17) is 0 Å². The Hall–Kier alpha value is -1.85. The smallest absolute Gasteiger partial charge is 0.193 e. The van der Waals surface area contributed by atoms with Gasteiger partial charge < -0.3 is 15.1 Å². The molecule has 0 saturated carbocycles. The summed E-state index contributed by atoms with van der Waals surface area (Å²) in [6.07, 6.45) is 9.77. The largest absolute Gasteiger partial charge is 0.356 e. The van der Waals surface area contributed by atoms with Crippen LogP contribution in [-0.2, 0) is 0 Å². The highest BCUT2D eigenvalue weighted by Crippen LogP contribution is 2.08. The van der Waals surface area contributed by atoms with Gasteiger partial charge in [0, 0.05) is 46.3 Å². The molecule has 0 aromatic heterocycles. The first-order chi connectivity index (χ1) is 13.8. The molecule has 2 saturated heterocycles. The van der Waals surface area contributed by atoms with E-state index in [1.165, 1.54) is 50.9 Å². The number of hydrogen-bond acceptors (Lipinski definition) is 3. The van der Waals surface area contributed by atoms with Crippen LogP contribution in [0.1, 0.15) is 31.2 Å². The SMILES string of the molecule is CN=C(NCCCCN1CCCC1)N1CCN(C/C=C/c2ccccc2)CC1. The van der Waals surface area contributed by atoms with Gasteiger partial charge in [-0.25, -0.2) is 0 Å². The third-order valence-electron chi connectivity index (χ3n) is 5.74. The highest BCUT2D eigenvalue weighted by atomic mass is 15.3. The predicted octanol–water partition coefficient (Wildman–Crippen LogP) is 2.77. The van der Waals surface area contributed by atoms with Crippen LogP contribution in [0.25, 0.3) is 6.08 Å². The average molecular weight is 384 g/mol. The first-order valence-electron chi connectivity index (χ1n) is 11.0. The normalized spacial score (nSPS) is 19.6. The van der Waals surface area contributed by atoms with E-state index in [0.29, 0.717) is 0 Å². The van der Waals surface area contributed by atoms with E-state index < -0.39 is 0 Å². The molecule has 0 amide bonds. The first kappa shape index (κ1) is 20.9. The summed E-state index contributed by atoms with van der Waals surface area (Å²) in [6, 6.07) is 10.5. The summed E-state index contributed by atoms with van der Waals surface area (Å²) in [4.78, 5) is 12.0. The Kier molecular flexibility index (Phi) is 8.85. The van der Waals surface area contributed by atoms with Crippen molar-refractivity contribution in [2.45, 2.75) is 25.7 Å². The lowest BCUT2D eigenvalue weighted by molar-refractivity contribution is 0.194. The standard InChI is InChI=1S/C23H37N5/c1-24-23(25-13-5-6-14-26-15-7-8-16-26)28-20-18-27(19-21-28)17-9-12-22-10-3-2-4-11-22/h2-4,9-12H,5-8,13-21H2,1H3,(H,24,25)/b12-9+. The van der Waals surface area contributed by atoms with Crippen LogP contribution in [0.2, 0.25) is 0 Å². The molecule has 0 atom stereocenters. The molecule has 2 fully saturated rings. The van der Waals surface area contributed by atoms with Gasteiger partial charge in [0.2, 0.25) is 0 Å². The second-order valence-electron chi connectivity index (χ2n) is 7.83. The van der Waals surface area contributed by atoms with Gasteiger partial charge >= 0.3 is 0 Å². The van der Waals surface area contributed by atoms with Crippen LogP contribution in [-0.4, -0.2) is 86.6 Å². The molecule has 3 rings (SSSR count). The molecule has 0 unspecified atom stereocenters. The van der Waals surface area contributed by atoms with Crippen molar-refractivity contribution in [3.8, 4) is 0 Å². The van der Waals surface area contributed by atoms with Gasteiger partial charge in [-0.2, -0.15) is 0 Å². The molecule has 0 spiro atoms. The molecular formula is C23H37N5. The maximum Gasteiger partial charge on any atom is 0.193 e. The minimum atomic E-state index is 1.02. The number of aliphatic imine (C=N–C) groups is 1. The zero-order chi connectivity index (χ0) is 19.4. The fourth-order valence-corrected chi connectivity index (χ4v) is 4.04. The van der Waals surface area contributed by atoms with Crippen molar-refractivity contribution < 1.29 is 0 Å². The molecule has 1 N–H and O–H groups in total. The van der Waals surface area contributed by atoms with Gasteiger partial charge in [0.15, 0.2) is 5.96 Å². The summed E-state index contributed by atoms with van der Waals surface area (Å²) in [5, 5.41) is 3.57. The zero-order valence-corrected chi connectivity index (χ0v) is 17.5. The Morgan fingerprint density at radius 3 is 2.43 bits per heavy atom. The van der Waals surface area contributed by atoms with Crippen molar-refractivity contribution in [2.75, 3.05) is 66.0 Å². The lowest BCUT2D eigenvalue weighted by atomic mass is 10.2. The summed E-state index contributed by atoms with van der Waals surface area (Å²) >= 11 is 0. The van der Waals surface area contributed by atoms with Crippen molar-refractivity contribution in [3.63, 3.8) is 0 Å². The Balaban J connectivity index is 1.29. The van der Waals surface area contributed by atoms with E-state index in [9.17, 15) is 0 Å². The van der Waals surface area contributed by atoms with Crippen LogP contribution in [0, 0.1) is 0 Å². The van der Waals surface area contributed by atoms with Gasteiger partial charge in [-0.15, -0.1) is 0 Å². The van der Waals surface area contributed by atoms with E-state index >= 15 is 0 Å². The topological polar surface area (TPSA) is 34.1 Å². The van der Waals surface area contributed by atoms with Gasteiger partial charge in [0.25, 0.3) is 0 Å². The number of unbranched alkanes of at least 4 members (excludes halogenated alkanes) is 1. The monoisotopic (exact) mass is 383 g/mol. The molecule has 2 heterocycles. The number of rotatable bonds is 8. The summed E-state index contributed by atoms with van der Waals surface area (Å²) in [6.45, 7) is 10.2. The van der Waals surface area contributed by atoms with Crippen LogP contribution in [0.3, 0.4) is 0 Å². The summed E-state index contributed by atoms with van der Waals surface area (Å²) in [5.41, 5.74) is 1.27. The Morgan fingerprint density at radius 1 is 0.964 bits per heavy atom. The molecule has 0 aliphatic carbocycles. The van der Waals surface area contributed by atoms with Crippen LogP contribution in [0.4, 0.5) is 0 Å². The van der Waals surface area contributed by atoms with Gasteiger partial charge in [-0.1, -0.05) is 42.5 Å². The number of hydrogen-bond donors (Lipinski definition) is 1. The molecule has 1 aromatic carbocycles. The minimum absolute atomic E-state index is 1.02. The van der Waals surface area contributed by atoms with Crippen LogP contribution < -0.4 is 5.32 Å². The molecule has 0 bridgehead atoms. The number of nitrogens with one attached hydrogen (secondary N) is 1. The molecule has 28 heavy (non-hydrogen) atoms. The lowest BCUT2D eigenvalue weighted by Gasteiger charge is -2.36. The second kappa shape index (κ2) is 11.9. The number of guanidine groups is 1. The quantitative estimate of drug-likeness (QED) is 0.425. The van der Waals surface area contributed by atoms with E-state index in [0.717, 1.165) is 45.2 Å². The lowest BCUT2D eigenvalue weighted by Crippen LogP contribution is -2.52. The first-order valence-corrected chi connectivity index (χ1v) is 11.0. The van der Waals surface area contributed by atoms with E-state index in [1.807, 2.05) is 7.05 Å². The fraction of sp³-hybridized carbons (Fsp3) is 0.609. The average Bonchev–Trinajstić information content (AvgIpc) is 3.26. The van der Waals surface area contributed by atoms with Gasteiger partial charge in [0.1, 0.15) is 0 Å². The van der Waals surface area contributed by atoms with Crippen LogP contribution in [0.15, 0.2) is 41.4 Å². The third kappa shape index (κ3) is 6.95. The van der Waals surface area contributed by atoms with Gasteiger partial charge in [-0.3, -0.25) is 9.89 Å². The second-order valence-corrected chi connectivity index (χ2v) is 7.83. The van der Waals surface area contributed by atoms with Crippen molar-refractivity contribution in [3.05, 3.63) is 42.0 Å². The van der Waals surface area contributed by atoms with E-state index in [1.54, 1.807) is 0 Å². The van der Waals surface area contributed by atoms with Crippen LogP contribution in [0.5, 0.6) is 0 Å². The van der Waals surface area contributed by atoms with E-state index in [2.05, 4.69) is 67.5 Å². The van der Waals surface area contributed by atoms with Crippen molar-refractivity contribution in [1.29, 1.82) is 0 Å². The molecule has 5 heteroatoms.